The van der Waals surface area contributed by atoms with Gasteiger partial charge in [-0.2, -0.15) is 23.5 Å². The molecule has 0 bridgehead atoms. The minimum absolute atomic E-state index is 0.789. The lowest BCUT2D eigenvalue weighted by Crippen LogP contribution is -2.46. The lowest BCUT2D eigenvalue weighted by molar-refractivity contribution is 0.395. The van der Waals surface area contributed by atoms with Gasteiger partial charge in [-0.25, -0.2) is 0 Å². The van der Waals surface area contributed by atoms with Crippen LogP contribution in [0, 0.1) is 0 Å². The largest absolute Gasteiger partial charge is 0.309 e. The number of hydrogen-bond donors (Lipinski definition) is 1. The Labute approximate surface area is 96.2 Å². The highest BCUT2D eigenvalue weighted by Crippen LogP contribution is 2.27. The summed E-state index contributed by atoms with van der Waals surface area (Å²) in [6.07, 6.45) is 5.62. The van der Waals surface area contributed by atoms with E-state index in [9.17, 15) is 0 Å². The van der Waals surface area contributed by atoms with Crippen LogP contribution in [0.5, 0.6) is 0 Å². The number of nitrogens with one attached hydrogen (secondary N) is 1. The minimum Gasteiger partial charge on any atom is -0.309 e. The van der Waals surface area contributed by atoms with Gasteiger partial charge in [-0.05, 0) is 37.2 Å². The van der Waals surface area contributed by atoms with Crippen LogP contribution in [0.15, 0.2) is 0 Å². The van der Waals surface area contributed by atoms with E-state index in [2.05, 4.69) is 35.8 Å². The Morgan fingerprint density at radius 3 is 2.71 bits per heavy atom. The average molecular weight is 231 g/mol. The summed E-state index contributed by atoms with van der Waals surface area (Å²) < 4.78 is 0. The Balaban J connectivity index is 1.76. The third kappa shape index (κ3) is 3.07. The third-order valence-electron chi connectivity index (χ3n) is 3.22. The first kappa shape index (κ1) is 11.2. The van der Waals surface area contributed by atoms with Crippen LogP contribution in [-0.4, -0.2) is 34.6 Å². The summed E-state index contributed by atoms with van der Waals surface area (Å²) in [5, 5.41) is 4.70. The van der Waals surface area contributed by atoms with Crippen LogP contribution in [0.3, 0.4) is 0 Å². The molecular weight excluding hydrogens is 210 g/mol. The predicted molar refractivity (Wildman–Crippen MR) is 68.4 cm³/mol. The molecule has 0 aliphatic carbocycles. The molecule has 3 atom stereocenters. The van der Waals surface area contributed by atoms with Gasteiger partial charge in [0.25, 0.3) is 0 Å². The van der Waals surface area contributed by atoms with Crippen molar-refractivity contribution < 1.29 is 0 Å². The van der Waals surface area contributed by atoms with E-state index < -0.39 is 0 Å². The quantitative estimate of drug-likeness (QED) is 0.785. The first-order valence-corrected chi connectivity index (χ1v) is 8.02. The molecule has 2 heterocycles. The van der Waals surface area contributed by atoms with Crippen LogP contribution < -0.4 is 5.32 Å². The second-order valence-electron chi connectivity index (χ2n) is 4.41. The maximum absolute atomic E-state index is 3.87. The molecule has 0 saturated carbocycles. The fourth-order valence-electron chi connectivity index (χ4n) is 2.32. The molecule has 2 aliphatic rings. The van der Waals surface area contributed by atoms with E-state index >= 15 is 0 Å². The first-order chi connectivity index (χ1) is 6.86. The monoisotopic (exact) mass is 231 g/mol. The predicted octanol–water partition coefficient (Wildman–Crippen LogP) is 2.76. The van der Waals surface area contributed by atoms with Crippen molar-refractivity contribution in [1.29, 1.82) is 0 Å². The lowest BCUT2D eigenvalue weighted by atomic mass is 10.1. The number of hydrogen-bond acceptors (Lipinski definition) is 3. The van der Waals surface area contributed by atoms with Crippen LogP contribution in [0.4, 0.5) is 0 Å². The van der Waals surface area contributed by atoms with Crippen LogP contribution in [0.2, 0.25) is 0 Å². The van der Waals surface area contributed by atoms with Gasteiger partial charge in [0.2, 0.25) is 0 Å². The SMILES string of the molecule is CC1SCCCC1NC1CCCSC1. The zero-order valence-electron chi connectivity index (χ0n) is 9.00. The van der Waals surface area contributed by atoms with Gasteiger partial charge in [0.05, 0.1) is 0 Å². The Morgan fingerprint density at radius 1 is 1.14 bits per heavy atom. The van der Waals surface area contributed by atoms with Crippen molar-refractivity contribution >= 4 is 23.5 Å². The van der Waals surface area contributed by atoms with Crippen molar-refractivity contribution in [2.75, 3.05) is 17.3 Å². The summed E-state index contributed by atoms with van der Waals surface area (Å²) in [6, 6.07) is 1.59. The Kier molecular flexibility index (Phi) is 4.51. The van der Waals surface area contributed by atoms with Crippen molar-refractivity contribution in [1.82, 2.24) is 5.32 Å². The highest BCUT2D eigenvalue weighted by Gasteiger charge is 2.24. The van der Waals surface area contributed by atoms with Crippen molar-refractivity contribution in [3.63, 3.8) is 0 Å². The van der Waals surface area contributed by atoms with E-state index in [-0.39, 0.29) is 0 Å². The Hall–Kier alpha value is 0.660. The molecule has 2 rings (SSSR count). The maximum Gasteiger partial charge on any atom is 0.0187 e. The number of rotatable bonds is 2. The zero-order valence-corrected chi connectivity index (χ0v) is 10.6. The van der Waals surface area contributed by atoms with Gasteiger partial charge in [-0.3, -0.25) is 0 Å². The van der Waals surface area contributed by atoms with Crippen molar-refractivity contribution in [2.24, 2.45) is 0 Å². The molecule has 0 aromatic rings. The second kappa shape index (κ2) is 5.66. The molecule has 0 amide bonds. The summed E-state index contributed by atoms with van der Waals surface area (Å²) in [7, 11) is 0. The van der Waals surface area contributed by atoms with E-state index in [0.29, 0.717) is 0 Å². The van der Waals surface area contributed by atoms with Gasteiger partial charge in [-0.15, -0.1) is 0 Å². The van der Waals surface area contributed by atoms with Gasteiger partial charge in [-0.1, -0.05) is 6.92 Å². The van der Waals surface area contributed by atoms with E-state index in [1.165, 1.54) is 42.9 Å². The highest BCUT2D eigenvalue weighted by molar-refractivity contribution is 8.00. The zero-order chi connectivity index (χ0) is 9.80. The van der Waals surface area contributed by atoms with E-state index in [4.69, 9.17) is 0 Å². The third-order valence-corrected chi connectivity index (χ3v) is 5.81. The van der Waals surface area contributed by atoms with Gasteiger partial charge in [0, 0.05) is 23.1 Å². The molecule has 1 nitrogen and oxygen atoms in total. The molecular formula is C11H21NS2. The molecule has 1 N–H and O–H groups in total. The Bertz CT molecular complexity index is 169. The van der Waals surface area contributed by atoms with Crippen LogP contribution >= 0.6 is 23.5 Å². The molecule has 0 radical (unpaired) electrons. The molecule has 14 heavy (non-hydrogen) atoms. The average Bonchev–Trinajstić information content (AvgIpc) is 2.23. The second-order valence-corrected chi connectivity index (χ2v) is 7.04. The topological polar surface area (TPSA) is 12.0 Å². The molecule has 3 unspecified atom stereocenters. The first-order valence-electron chi connectivity index (χ1n) is 5.81. The normalized spacial score (nSPS) is 39.6. The summed E-state index contributed by atoms with van der Waals surface area (Å²) in [4.78, 5) is 0. The van der Waals surface area contributed by atoms with E-state index in [1.54, 1.807) is 0 Å². The van der Waals surface area contributed by atoms with Crippen LogP contribution in [-0.2, 0) is 0 Å². The van der Waals surface area contributed by atoms with E-state index in [1.807, 2.05) is 0 Å². The fourth-order valence-corrected chi connectivity index (χ4v) is 4.55. The molecule has 0 aromatic heterocycles. The Morgan fingerprint density at radius 2 is 2.00 bits per heavy atom. The van der Waals surface area contributed by atoms with Gasteiger partial charge >= 0.3 is 0 Å². The van der Waals surface area contributed by atoms with Crippen LogP contribution in [0.1, 0.15) is 32.6 Å². The minimum atomic E-state index is 0.789. The molecule has 2 aliphatic heterocycles. The number of thioether (sulfide) groups is 2. The molecule has 0 spiro atoms. The van der Waals surface area contributed by atoms with Crippen LogP contribution in [0.25, 0.3) is 0 Å². The van der Waals surface area contributed by atoms with Gasteiger partial charge in [0.1, 0.15) is 0 Å². The van der Waals surface area contributed by atoms with E-state index in [0.717, 1.165) is 17.3 Å². The molecule has 82 valence electrons. The summed E-state index contributed by atoms with van der Waals surface area (Å²) in [5.74, 6) is 4.10. The standard InChI is InChI=1S/C11H21NS2/c1-9-11(5-3-7-14-9)12-10-4-2-6-13-8-10/h9-12H,2-8H2,1H3. The molecule has 2 fully saturated rings. The van der Waals surface area contributed by atoms with Crippen molar-refractivity contribution in [2.45, 2.75) is 49.9 Å². The van der Waals surface area contributed by atoms with Gasteiger partial charge < -0.3 is 5.32 Å². The summed E-state index contributed by atoms with van der Waals surface area (Å²) >= 11 is 4.27. The summed E-state index contributed by atoms with van der Waals surface area (Å²) in [5.41, 5.74) is 0. The highest BCUT2D eigenvalue weighted by atomic mass is 32.2. The smallest absolute Gasteiger partial charge is 0.0187 e. The molecule has 2 saturated heterocycles. The fraction of sp³-hybridized carbons (Fsp3) is 1.00. The van der Waals surface area contributed by atoms with Crippen molar-refractivity contribution in [3.05, 3.63) is 0 Å². The molecule has 0 aromatic carbocycles. The summed E-state index contributed by atoms with van der Waals surface area (Å²) in [6.45, 7) is 2.39. The van der Waals surface area contributed by atoms with Crippen molar-refractivity contribution in [3.8, 4) is 0 Å². The van der Waals surface area contributed by atoms with Gasteiger partial charge in [0.15, 0.2) is 0 Å². The lowest BCUT2D eigenvalue weighted by Gasteiger charge is -2.34. The molecule has 3 heteroatoms. The maximum atomic E-state index is 3.87.